The summed E-state index contributed by atoms with van der Waals surface area (Å²) in [6, 6.07) is 18.7. The maximum Gasteiger partial charge on any atom is 0.471 e. The Bertz CT molecular complexity index is 1670. The second-order valence-electron chi connectivity index (χ2n) is 9.55. The van der Waals surface area contributed by atoms with Gasteiger partial charge in [0.25, 0.3) is 0 Å². The van der Waals surface area contributed by atoms with Crippen molar-refractivity contribution in [3.05, 3.63) is 84.7 Å². The number of carbonyl (C=O) groups is 1. The first-order valence-electron chi connectivity index (χ1n) is 12.4. The Kier molecular flexibility index (Phi) is 8.64. The van der Waals surface area contributed by atoms with Crippen LogP contribution in [-0.2, 0) is 13.9 Å². The van der Waals surface area contributed by atoms with Crippen LogP contribution in [0.2, 0.25) is 0 Å². The summed E-state index contributed by atoms with van der Waals surface area (Å²) in [6.07, 6.45) is 5.71. The fraction of sp³-hybridized carbons (Fsp3) is 0.207. The number of hydrogen-bond donors (Lipinski definition) is 2. The summed E-state index contributed by atoms with van der Waals surface area (Å²) >= 11 is 0. The molecule has 0 bridgehead atoms. The second-order valence-corrected chi connectivity index (χ2v) is 10.7. The predicted molar refractivity (Wildman–Crippen MR) is 154 cm³/mol. The summed E-state index contributed by atoms with van der Waals surface area (Å²) in [4.78, 5) is 39.6. The van der Waals surface area contributed by atoms with E-state index in [0.717, 1.165) is 22.3 Å². The average Bonchev–Trinajstić information content (AvgIpc) is 3.31. The van der Waals surface area contributed by atoms with Gasteiger partial charge in [0, 0.05) is 54.3 Å². The minimum absolute atomic E-state index is 0.150. The van der Waals surface area contributed by atoms with E-state index in [-0.39, 0.29) is 5.91 Å². The molecule has 0 fully saturated rings. The first kappa shape index (κ1) is 28.9. The molecule has 10 nitrogen and oxygen atoms in total. The van der Waals surface area contributed by atoms with Crippen molar-refractivity contribution >= 4 is 30.5 Å². The zero-order chi connectivity index (χ0) is 29.0. The molecule has 206 valence electrons. The summed E-state index contributed by atoms with van der Waals surface area (Å²) in [5, 5.41) is 10.1. The molecule has 1 amide bonds. The van der Waals surface area contributed by atoms with Crippen molar-refractivity contribution in [1.82, 2.24) is 14.5 Å². The van der Waals surface area contributed by atoms with Crippen LogP contribution in [0.3, 0.4) is 0 Å². The number of carbonyl (C=O) groups excluding carboxylic acids is 1. The maximum absolute atomic E-state index is 12.7. The molecule has 40 heavy (non-hydrogen) atoms. The van der Waals surface area contributed by atoms with Crippen LogP contribution in [0, 0.1) is 11.3 Å². The van der Waals surface area contributed by atoms with Gasteiger partial charge < -0.3 is 24.2 Å². The molecule has 0 saturated carbocycles. The van der Waals surface area contributed by atoms with Crippen LogP contribution in [0.5, 0.6) is 0 Å². The molecular formula is C29H30N5O5P. The minimum atomic E-state index is -4.76. The van der Waals surface area contributed by atoms with Gasteiger partial charge in [0.15, 0.2) is 0 Å². The van der Waals surface area contributed by atoms with Crippen LogP contribution in [0.25, 0.3) is 33.3 Å². The molecule has 1 atom stereocenters. The van der Waals surface area contributed by atoms with Crippen LogP contribution in [0.4, 0.5) is 5.69 Å². The van der Waals surface area contributed by atoms with Gasteiger partial charge >= 0.3 is 7.82 Å². The largest absolute Gasteiger partial charge is 0.471 e. The summed E-state index contributed by atoms with van der Waals surface area (Å²) in [5.74, 6) is -0.150. The van der Waals surface area contributed by atoms with Crippen LogP contribution in [0.15, 0.2) is 79.1 Å². The maximum atomic E-state index is 12.7. The van der Waals surface area contributed by atoms with Gasteiger partial charge in [-0.05, 0) is 62.5 Å². The molecule has 11 heteroatoms. The molecule has 0 saturated heterocycles. The van der Waals surface area contributed by atoms with Crippen LogP contribution >= 0.6 is 7.82 Å². The van der Waals surface area contributed by atoms with Gasteiger partial charge in [-0.3, -0.25) is 9.32 Å². The van der Waals surface area contributed by atoms with E-state index in [9.17, 15) is 24.4 Å². The van der Waals surface area contributed by atoms with Gasteiger partial charge in [-0.15, -0.1) is 0 Å². The van der Waals surface area contributed by atoms with Crippen molar-refractivity contribution in [2.24, 2.45) is 0 Å². The van der Waals surface area contributed by atoms with Gasteiger partial charge in [-0.2, -0.15) is 5.26 Å². The van der Waals surface area contributed by atoms with Crippen LogP contribution in [-0.4, -0.2) is 57.8 Å². The zero-order valence-electron chi connectivity index (χ0n) is 22.6. The van der Waals surface area contributed by atoms with Gasteiger partial charge in [0.2, 0.25) is 5.91 Å². The fourth-order valence-corrected chi connectivity index (χ4v) is 4.80. The number of nitrogens with zero attached hydrogens (tertiary/aromatic N) is 5. The van der Waals surface area contributed by atoms with Crippen LogP contribution in [0.1, 0.15) is 18.7 Å². The minimum Gasteiger partial charge on any atom is -0.312 e. The molecule has 2 N–H and O–H groups in total. The Morgan fingerprint density at radius 1 is 1.12 bits per heavy atom. The molecule has 2 heterocycles. The summed E-state index contributed by atoms with van der Waals surface area (Å²) in [6.45, 7) is 2.18. The standard InChI is InChI=1S/C29H30N5O5P/c1-20(39-40(36,37)38)34-19-27(23-10-5-8-21(14-23)17-30)26-16-24(18-31-29(26)34)22-9-6-11-25(15-22)33(4)28(35)12-7-13-32(2)3/h5-12,14-16,18-20H,13H2,1-4H3,(H2,36,37,38). The number of pyridine rings is 1. The number of phosphoric ester groups is 1. The Balaban J connectivity index is 1.78. The Morgan fingerprint density at radius 2 is 1.85 bits per heavy atom. The van der Waals surface area contributed by atoms with E-state index < -0.39 is 14.1 Å². The average molecular weight is 560 g/mol. The number of amides is 1. The highest BCUT2D eigenvalue weighted by atomic mass is 31.2. The highest BCUT2D eigenvalue weighted by Crippen LogP contribution is 2.42. The number of likely N-dealkylation sites (N-methyl/N-ethyl adjacent to an activating group) is 2. The number of nitriles is 1. The van der Waals surface area contributed by atoms with Crippen molar-refractivity contribution in [2.45, 2.75) is 13.2 Å². The predicted octanol–water partition coefficient (Wildman–Crippen LogP) is 4.95. The molecule has 2 aromatic heterocycles. The van der Waals surface area contributed by atoms with E-state index in [2.05, 4.69) is 11.1 Å². The normalized spacial score (nSPS) is 12.7. The first-order chi connectivity index (χ1) is 19.0. The summed E-state index contributed by atoms with van der Waals surface area (Å²) < 4.78 is 18.0. The Hall–Kier alpha value is -4.10. The number of phosphoric acid groups is 1. The lowest BCUT2D eigenvalue weighted by atomic mass is 10.0. The van der Waals surface area contributed by atoms with E-state index in [1.807, 2.05) is 61.5 Å². The monoisotopic (exact) mass is 559 g/mol. The molecule has 4 rings (SSSR count). The molecule has 2 aromatic carbocycles. The number of rotatable bonds is 9. The van der Waals surface area contributed by atoms with Gasteiger partial charge in [0.05, 0.1) is 11.6 Å². The van der Waals surface area contributed by atoms with E-state index in [1.54, 1.807) is 53.2 Å². The number of benzene rings is 2. The highest BCUT2D eigenvalue weighted by molar-refractivity contribution is 7.46. The van der Waals surface area contributed by atoms with E-state index in [0.29, 0.717) is 28.8 Å². The zero-order valence-corrected chi connectivity index (χ0v) is 23.5. The van der Waals surface area contributed by atoms with Gasteiger partial charge in [-0.1, -0.05) is 30.3 Å². The van der Waals surface area contributed by atoms with Crippen molar-refractivity contribution in [3.8, 4) is 28.3 Å². The van der Waals surface area contributed by atoms with Crippen molar-refractivity contribution in [2.75, 3.05) is 32.6 Å². The number of aromatic nitrogens is 2. The van der Waals surface area contributed by atoms with E-state index >= 15 is 0 Å². The van der Waals surface area contributed by atoms with Crippen molar-refractivity contribution in [1.29, 1.82) is 5.26 Å². The molecule has 0 radical (unpaired) electrons. The molecule has 0 spiro atoms. The molecular weight excluding hydrogens is 529 g/mol. The molecule has 4 aromatic rings. The highest BCUT2D eigenvalue weighted by Gasteiger charge is 2.23. The number of fused-ring (bicyclic) bond motifs is 1. The number of hydrogen-bond acceptors (Lipinski definition) is 6. The van der Waals surface area contributed by atoms with Crippen LogP contribution < -0.4 is 4.90 Å². The van der Waals surface area contributed by atoms with Gasteiger partial charge in [0.1, 0.15) is 11.9 Å². The first-order valence-corrected chi connectivity index (χ1v) is 13.9. The lowest BCUT2D eigenvalue weighted by Gasteiger charge is -2.17. The topological polar surface area (TPSA) is 132 Å². The quantitative estimate of drug-likeness (QED) is 0.218. The fourth-order valence-electron chi connectivity index (χ4n) is 4.30. The number of anilines is 1. The molecule has 0 aliphatic carbocycles. The lowest BCUT2D eigenvalue weighted by Crippen LogP contribution is -2.24. The van der Waals surface area contributed by atoms with Crippen molar-refractivity contribution in [3.63, 3.8) is 0 Å². The third kappa shape index (κ3) is 6.72. The van der Waals surface area contributed by atoms with E-state index in [1.165, 1.54) is 6.92 Å². The summed E-state index contributed by atoms with van der Waals surface area (Å²) in [7, 11) is 0.807. The molecule has 0 aliphatic rings. The SMILES string of the molecule is CC(OP(=O)(O)O)n1cc(-c2cccc(C#N)c2)c2cc(-c3cccc(N(C)C(=O)C=CCN(C)C)c3)cnc21. The third-order valence-electron chi connectivity index (χ3n) is 6.28. The van der Waals surface area contributed by atoms with Crippen molar-refractivity contribution < 1.29 is 23.7 Å². The smallest absolute Gasteiger partial charge is 0.312 e. The van der Waals surface area contributed by atoms with E-state index in [4.69, 9.17) is 4.52 Å². The molecule has 0 aliphatic heterocycles. The molecule has 1 unspecified atom stereocenters. The second kappa shape index (κ2) is 12.0. The lowest BCUT2D eigenvalue weighted by molar-refractivity contribution is -0.113. The summed E-state index contributed by atoms with van der Waals surface area (Å²) in [5.41, 5.74) is 4.70. The van der Waals surface area contributed by atoms with Gasteiger partial charge in [-0.25, -0.2) is 9.55 Å². The Morgan fingerprint density at radius 3 is 2.55 bits per heavy atom. The Labute approximate surface area is 232 Å². The third-order valence-corrected chi connectivity index (χ3v) is 6.86.